The molecule has 0 bridgehead atoms. The van der Waals surface area contributed by atoms with E-state index in [2.05, 4.69) is 24.5 Å². The number of nitrogens with one attached hydrogen (secondary N) is 2. The van der Waals surface area contributed by atoms with Gasteiger partial charge in [0.05, 0.1) is 0 Å². The molecule has 4 amide bonds. The Morgan fingerprint density at radius 3 is 1.92 bits per heavy atom. The van der Waals surface area contributed by atoms with Crippen LogP contribution in [0.1, 0.15) is 116 Å². The molecule has 0 aliphatic carbocycles. The lowest BCUT2D eigenvalue weighted by Crippen LogP contribution is -2.57. The van der Waals surface area contributed by atoms with Crippen molar-refractivity contribution in [2.45, 2.75) is 144 Å². The first kappa shape index (κ1) is 42.8. The molecule has 11 nitrogen and oxygen atoms in total. The van der Waals surface area contributed by atoms with Crippen LogP contribution < -0.4 is 16.4 Å². The molecule has 0 fully saturated rings. The van der Waals surface area contributed by atoms with Gasteiger partial charge in [0.25, 0.3) is 0 Å². The van der Waals surface area contributed by atoms with Crippen LogP contribution in [-0.4, -0.2) is 64.0 Å². The van der Waals surface area contributed by atoms with Crippen LogP contribution in [0.15, 0.2) is 48.5 Å². The predicted octanol–water partition coefficient (Wildman–Crippen LogP) is 6.23. The van der Waals surface area contributed by atoms with Crippen LogP contribution in [0.4, 0.5) is 4.79 Å². The summed E-state index contributed by atoms with van der Waals surface area (Å²) in [6.45, 7) is 20.2. The van der Waals surface area contributed by atoms with Crippen molar-refractivity contribution >= 4 is 29.8 Å². The first-order valence-electron chi connectivity index (χ1n) is 17.8. The van der Waals surface area contributed by atoms with Crippen LogP contribution in [-0.2, 0) is 35.1 Å². The Morgan fingerprint density at radius 1 is 0.784 bits per heavy atom. The van der Waals surface area contributed by atoms with E-state index in [9.17, 15) is 24.0 Å². The molecule has 4 unspecified atom stereocenters. The summed E-state index contributed by atoms with van der Waals surface area (Å²) >= 11 is 0. The quantitative estimate of drug-likeness (QED) is 0.175. The third-order valence-electron chi connectivity index (χ3n) is 8.10. The minimum Gasteiger partial charge on any atom is -0.458 e. The summed E-state index contributed by atoms with van der Waals surface area (Å²) in [5.74, 6) is -2.15. The Labute approximate surface area is 304 Å². The first-order chi connectivity index (χ1) is 23.6. The van der Waals surface area contributed by atoms with Gasteiger partial charge >= 0.3 is 12.1 Å². The summed E-state index contributed by atoms with van der Waals surface area (Å²) in [5.41, 5.74) is 6.90. The number of hydrogen-bond acceptors (Lipinski definition) is 7. The van der Waals surface area contributed by atoms with Gasteiger partial charge in [0, 0.05) is 18.9 Å². The van der Waals surface area contributed by atoms with Crippen LogP contribution in [0.5, 0.6) is 0 Å². The van der Waals surface area contributed by atoms with Gasteiger partial charge in [0.1, 0.15) is 29.3 Å². The van der Waals surface area contributed by atoms with Crippen molar-refractivity contribution in [1.82, 2.24) is 15.5 Å². The van der Waals surface area contributed by atoms with Crippen LogP contribution >= 0.6 is 0 Å². The van der Waals surface area contributed by atoms with Crippen molar-refractivity contribution in [2.75, 3.05) is 0 Å². The van der Waals surface area contributed by atoms with E-state index in [0.717, 1.165) is 23.1 Å². The van der Waals surface area contributed by atoms with Crippen LogP contribution in [0.3, 0.4) is 0 Å². The number of hydrogen-bond donors (Lipinski definition) is 3. The summed E-state index contributed by atoms with van der Waals surface area (Å²) in [6, 6.07) is 10.8. The number of esters is 1. The monoisotopic (exact) mass is 708 g/mol. The number of nitrogens with zero attached hydrogens (tertiary/aromatic N) is 1. The maximum absolute atomic E-state index is 14.9. The molecule has 4 N–H and O–H groups in total. The van der Waals surface area contributed by atoms with E-state index in [-0.39, 0.29) is 19.3 Å². The van der Waals surface area contributed by atoms with Gasteiger partial charge < -0.3 is 30.7 Å². The average Bonchev–Trinajstić information content (AvgIpc) is 2.99. The van der Waals surface area contributed by atoms with Gasteiger partial charge in [-0.05, 0) is 104 Å². The van der Waals surface area contributed by atoms with Crippen molar-refractivity contribution in [2.24, 2.45) is 11.7 Å². The Balaban J connectivity index is 2.77. The zero-order valence-corrected chi connectivity index (χ0v) is 32.4. The lowest BCUT2D eigenvalue weighted by atomic mass is 9.93. The van der Waals surface area contributed by atoms with Gasteiger partial charge in [-0.15, -0.1) is 0 Å². The molecule has 51 heavy (non-hydrogen) atoms. The number of primary amides is 1. The number of aryl methyl sites for hydroxylation is 2. The second-order valence-electron chi connectivity index (χ2n) is 15.8. The highest BCUT2D eigenvalue weighted by Crippen LogP contribution is 2.31. The van der Waals surface area contributed by atoms with Crippen molar-refractivity contribution in [3.05, 3.63) is 70.8 Å². The number of amides is 4. The minimum absolute atomic E-state index is 0.115. The molecule has 0 saturated carbocycles. The van der Waals surface area contributed by atoms with Crippen molar-refractivity contribution < 1.29 is 33.4 Å². The average molecular weight is 709 g/mol. The van der Waals surface area contributed by atoms with E-state index in [1.54, 1.807) is 41.5 Å². The molecule has 0 radical (unpaired) electrons. The molecule has 11 heteroatoms. The smallest absolute Gasteiger partial charge is 0.408 e. The van der Waals surface area contributed by atoms with Crippen molar-refractivity contribution in [1.29, 1.82) is 0 Å². The SMILES string of the molecule is Cc1ccc(C(C(=O)NC(Cc2ccccc2)C(=O)OC(C)(C)C)N(C(=O)C(CCC(N)=O)NC(=O)OC(C)(C)C)C(C)CCC(C)C)c(C)c1. The Hall–Kier alpha value is -4.41. The molecule has 0 heterocycles. The number of carbonyl (C=O) groups is 5. The normalized spacial score (nSPS) is 14.1. The van der Waals surface area contributed by atoms with Gasteiger partial charge in [-0.2, -0.15) is 0 Å². The third kappa shape index (κ3) is 14.8. The summed E-state index contributed by atoms with van der Waals surface area (Å²) in [4.78, 5) is 69.8. The van der Waals surface area contributed by atoms with Crippen LogP contribution in [0.2, 0.25) is 0 Å². The van der Waals surface area contributed by atoms with Crippen molar-refractivity contribution in [3.63, 3.8) is 0 Å². The number of nitrogens with two attached hydrogens (primary N) is 1. The second kappa shape index (κ2) is 18.7. The van der Waals surface area contributed by atoms with E-state index in [1.807, 2.05) is 69.3 Å². The number of benzene rings is 2. The summed E-state index contributed by atoms with van der Waals surface area (Å²) in [7, 11) is 0. The topological polar surface area (TPSA) is 157 Å². The zero-order chi connectivity index (χ0) is 38.7. The highest BCUT2D eigenvalue weighted by atomic mass is 16.6. The molecule has 0 saturated heterocycles. The van der Waals surface area contributed by atoms with Crippen molar-refractivity contribution in [3.8, 4) is 0 Å². The minimum atomic E-state index is -1.25. The molecular formula is C40H60N4O7. The fraction of sp³-hybridized carbons (Fsp3) is 0.575. The fourth-order valence-corrected chi connectivity index (χ4v) is 5.70. The van der Waals surface area contributed by atoms with E-state index >= 15 is 0 Å². The fourth-order valence-electron chi connectivity index (χ4n) is 5.70. The molecule has 0 aromatic heterocycles. The van der Waals surface area contributed by atoms with Crippen LogP contribution in [0, 0.1) is 19.8 Å². The molecule has 2 aromatic carbocycles. The number of alkyl carbamates (subject to hydrolysis) is 1. The first-order valence-corrected chi connectivity index (χ1v) is 17.8. The lowest BCUT2D eigenvalue weighted by Gasteiger charge is -2.40. The van der Waals surface area contributed by atoms with Gasteiger partial charge in [0.15, 0.2) is 0 Å². The largest absolute Gasteiger partial charge is 0.458 e. The number of carbonyl (C=O) groups excluding carboxylic acids is 5. The molecule has 282 valence electrons. The van der Waals surface area contributed by atoms with E-state index in [0.29, 0.717) is 17.9 Å². The zero-order valence-electron chi connectivity index (χ0n) is 32.4. The van der Waals surface area contributed by atoms with Gasteiger partial charge in [0.2, 0.25) is 17.7 Å². The third-order valence-corrected chi connectivity index (χ3v) is 8.10. The number of rotatable bonds is 16. The molecular weight excluding hydrogens is 648 g/mol. The molecule has 0 spiro atoms. The van der Waals surface area contributed by atoms with E-state index in [4.69, 9.17) is 15.2 Å². The molecule has 2 aromatic rings. The second-order valence-corrected chi connectivity index (χ2v) is 15.8. The Bertz CT molecular complexity index is 1490. The maximum Gasteiger partial charge on any atom is 0.408 e. The highest BCUT2D eigenvalue weighted by molar-refractivity contribution is 5.94. The highest BCUT2D eigenvalue weighted by Gasteiger charge is 2.41. The Kier molecular flexibility index (Phi) is 15.7. The lowest BCUT2D eigenvalue weighted by molar-refractivity contribution is -0.159. The predicted molar refractivity (Wildman–Crippen MR) is 199 cm³/mol. The summed E-state index contributed by atoms with van der Waals surface area (Å²) < 4.78 is 11.2. The van der Waals surface area contributed by atoms with Gasteiger partial charge in [-0.25, -0.2) is 9.59 Å². The summed E-state index contributed by atoms with van der Waals surface area (Å²) in [6.07, 6.45) is 0.272. The van der Waals surface area contributed by atoms with Crippen LogP contribution in [0.25, 0.3) is 0 Å². The van der Waals surface area contributed by atoms with E-state index in [1.165, 1.54) is 4.90 Å². The Morgan fingerprint density at radius 2 is 1.39 bits per heavy atom. The van der Waals surface area contributed by atoms with Gasteiger partial charge in [-0.3, -0.25) is 14.4 Å². The molecule has 0 aliphatic heterocycles. The maximum atomic E-state index is 14.9. The molecule has 2 rings (SSSR count). The van der Waals surface area contributed by atoms with Gasteiger partial charge in [-0.1, -0.05) is 67.9 Å². The molecule has 0 aliphatic rings. The molecule has 4 atom stereocenters. The summed E-state index contributed by atoms with van der Waals surface area (Å²) in [5, 5.41) is 5.60. The number of ether oxygens (including phenoxy) is 2. The standard InChI is InChI=1S/C40H60N4O7/c1-25(2)17-19-28(5)44(36(47)31(21-22-33(41)45)43-38(49)51-40(9,10)11)34(30-20-18-26(3)23-27(30)4)35(46)42-32(37(48)50-39(6,7)8)24-29-15-13-12-14-16-29/h12-16,18,20,23,25,28,31-32,34H,17,19,21-22,24H2,1-11H3,(H2,41,45)(H,42,46)(H,43,49). The van der Waals surface area contributed by atoms with E-state index < -0.39 is 65.2 Å².